The highest BCUT2D eigenvalue weighted by Crippen LogP contribution is 2.23. The van der Waals surface area contributed by atoms with Crippen molar-refractivity contribution >= 4 is 23.4 Å². The molecule has 22 heavy (non-hydrogen) atoms. The first-order valence-corrected chi connectivity index (χ1v) is 7.44. The molecular weight excluding hydrogens is 302 g/mol. The minimum Gasteiger partial charge on any atom is -0.468 e. The zero-order chi connectivity index (χ0) is 15.5. The first-order chi connectivity index (χ1) is 10.7. The Balaban J connectivity index is 1.97. The molecule has 0 unspecified atom stereocenters. The van der Waals surface area contributed by atoms with Crippen molar-refractivity contribution in [3.63, 3.8) is 0 Å². The molecule has 0 saturated heterocycles. The fourth-order valence-electron chi connectivity index (χ4n) is 1.91. The predicted molar refractivity (Wildman–Crippen MR) is 81.3 cm³/mol. The Morgan fingerprint density at radius 3 is 2.91 bits per heavy atom. The molecule has 0 aliphatic heterocycles. The van der Waals surface area contributed by atoms with Crippen molar-refractivity contribution < 1.29 is 9.53 Å². The van der Waals surface area contributed by atoms with E-state index in [9.17, 15) is 4.79 Å². The number of pyridine rings is 1. The number of thioether (sulfide) groups is 1. The van der Waals surface area contributed by atoms with Gasteiger partial charge >= 0.3 is 5.97 Å². The number of hydrogen-bond acceptors (Lipinski definition) is 7. The fourth-order valence-corrected chi connectivity index (χ4v) is 2.74. The number of rotatable bonds is 4. The monoisotopic (exact) mass is 315 g/mol. The molecule has 1 atom stereocenters. The van der Waals surface area contributed by atoms with Crippen LogP contribution in [0.25, 0.3) is 17.0 Å². The number of fused-ring (bicyclic) bond motifs is 1. The molecule has 0 radical (unpaired) electrons. The number of aromatic nitrogens is 5. The van der Waals surface area contributed by atoms with Gasteiger partial charge in [0.15, 0.2) is 11.5 Å². The van der Waals surface area contributed by atoms with E-state index in [1.807, 2.05) is 18.2 Å². The Morgan fingerprint density at radius 1 is 1.32 bits per heavy atom. The van der Waals surface area contributed by atoms with Crippen LogP contribution in [0.2, 0.25) is 0 Å². The SMILES string of the molecule is COC(=O)[C@H](C)Sc1ccc2nnc(-c3cccnc3)n2n1. The Kier molecular flexibility index (Phi) is 4.01. The number of carbonyl (C=O) groups excluding carboxylic acids is 1. The molecule has 0 aliphatic carbocycles. The number of nitrogens with zero attached hydrogens (tertiary/aromatic N) is 5. The van der Waals surface area contributed by atoms with Crippen molar-refractivity contribution in [1.29, 1.82) is 0 Å². The number of carbonyl (C=O) groups is 1. The Labute approximate surface area is 130 Å². The van der Waals surface area contributed by atoms with E-state index in [2.05, 4.69) is 20.3 Å². The Morgan fingerprint density at radius 2 is 2.18 bits per heavy atom. The van der Waals surface area contributed by atoms with Crippen molar-refractivity contribution in [1.82, 2.24) is 24.8 Å². The van der Waals surface area contributed by atoms with Gasteiger partial charge in [-0.05, 0) is 31.2 Å². The topological polar surface area (TPSA) is 82.3 Å². The van der Waals surface area contributed by atoms with E-state index >= 15 is 0 Å². The molecule has 0 aromatic carbocycles. The van der Waals surface area contributed by atoms with Crippen molar-refractivity contribution in [3.05, 3.63) is 36.7 Å². The van der Waals surface area contributed by atoms with Crippen molar-refractivity contribution in [2.75, 3.05) is 7.11 Å². The lowest BCUT2D eigenvalue weighted by molar-refractivity contribution is -0.139. The molecule has 8 heteroatoms. The Bertz CT molecular complexity index is 805. The van der Waals surface area contributed by atoms with Crippen LogP contribution in [0.3, 0.4) is 0 Å². The van der Waals surface area contributed by atoms with Crippen LogP contribution in [0, 0.1) is 0 Å². The van der Waals surface area contributed by atoms with E-state index in [0.29, 0.717) is 16.5 Å². The molecule has 7 nitrogen and oxygen atoms in total. The second kappa shape index (κ2) is 6.10. The summed E-state index contributed by atoms with van der Waals surface area (Å²) in [4.78, 5) is 15.6. The van der Waals surface area contributed by atoms with E-state index in [0.717, 1.165) is 5.56 Å². The van der Waals surface area contributed by atoms with Gasteiger partial charge < -0.3 is 4.74 Å². The predicted octanol–water partition coefficient (Wildman–Crippen LogP) is 1.84. The molecule has 112 valence electrons. The summed E-state index contributed by atoms with van der Waals surface area (Å²) in [5.41, 5.74) is 1.46. The maximum atomic E-state index is 11.5. The third-order valence-corrected chi connectivity index (χ3v) is 3.99. The van der Waals surface area contributed by atoms with Crippen LogP contribution in [0.5, 0.6) is 0 Å². The molecule has 0 bridgehead atoms. The summed E-state index contributed by atoms with van der Waals surface area (Å²) in [7, 11) is 1.37. The molecule has 0 spiro atoms. The fraction of sp³-hybridized carbons (Fsp3) is 0.214. The summed E-state index contributed by atoms with van der Waals surface area (Å²) >= 11 is 1.32. The first kappa shape index (κ1) is 14.5. The smallest absolute Gasteiger partial charge is 0.318 e. The number of hydrogen-bond donors (Lipinski definition) is 0. The zero-order valence-electron chi connectivity index (χ0n) is 12.0. The quantitative estimate of drug-likeness (QED) is 0.536. The molecule has 3 aromatic rings. The minimum atomic E-state index is -0.340. The molecule has 0 aliphatic rings. The number of esters is 1. The molecule has 3 heterocycles. The normalized spacial score (nSPS) is 12.3. The van der Waals surface area contributed by atoms with Gasteiger partial charge in [0.05, 0.1) is 7.11 Å². The van der Waals surface area contributed by atoms with Crippen LogP contribution in [-0.2, 0) is 9.53 Å². The molecule has 0 amide bonds. The van der Waals surface area contributed by atoms with Crippen molar-refractivity contribution in [2.24, 2.45) is 0 Å². The highest BCUT2D eigenvalue weighted by Gasteiger charge is 2.17. The summed E-state index contributed by atoms with van der Waals surface area (Å²) in [5.74, 6) is 0.319. The zero-order valence-corrected chi connectivity index (χ0v) is 12.8. The van der Waals surface area contributed by atoms with Gasteiger partial charge in [0, 0.05) is 18.0 Å². The van der Waals surface area contributed by atoms with Crippen molar-refractivity contribution in [3.8, 4) is 11.4 Å². The van der Waals surface area contributed by atoms with Crippen LogP contribution in [0.15, 0.2) is 41.7 Å². The maximum Gasteiger partial charge on any atom is 0.318 e. The molecule has 0 fully saturated rings. The van der Waals surface area contributed by atoms with Crippen LogP contribution in [-0.4, -0.2) is 43.1 Å². The van der Waals surface area contributed by atoms with E-state index in [1.54, 1.807) is 29.9 Å². The average molecular weight is 315 g/mol. The van der Waals surface area contributed by atoms with Crippen LogP contribution in [0.1, 0.15) is 6.92 Å². The summed E-state index contributed by atoms with van der Waals surface area (Å²) in [6, 6.07) is 7.34. The second-order valence-electron chi connectivity index (χ2n) is 4.49. The summed E-state index contributed by atoms with van der Waals surface area (Å²) < 4.78 is 6.36. The average Bonchev–Trinajstić information content (AvgIpc) is 2.98. The van der Waals surface area contributed by atoms with E-state index in [-0.39, 0.29) is 11.2 Å². The van der Waals surface area contributed by atoms with Gasteiger partial charge in [-0.3, -0.25) is 9.78 Å². The lowest BCUT2D eigenvalue weighted by atomic mass is 10.3. The largest absolute Gasteiger partial charge is 0.468 e. The number of methoxy groups -OCH3 is 1. The molecule has 0 N–H and O–H groups in total. The van der Waals surface area contributed by atoms with Gasteiger partial charge in [-0.1, -0.05) is 11.8 Å². The van der Waals surface area contributed by atoms with Gasteiger partial charge in [0.2, 0.25) is 0 Å². The molecule has 3 aromatic heterocycles. The highest BCUT2D eigenvalue weighted by atomic mass is 32.2. The minimum absolute atomic E-state index is 0.289. The van der Waals surface area contributed by atoms with Crippen molar-refractivity contribution in [2.45, 2.75) is 17.2 Å². The molecule has 0 saturated carbocycles. The second-order valence-corrected chi connectivity index (χ2v) is 5.85. The highest BCUT2D eigenvalue weighted by molar-refractivity contribution is 8.00. The van der Waals surface area contributed by atoms with Gasteiger partial charge in [-0.2, -0.15) is 9.61 Å². The molecule has 3 rings (SSSR count). The van der Waals surface area contributed by atoms with Gasteiger partial charge in [-0.15, -0.1) is 10.2 Å². The van der Waals surface area contributed by atoms with Crippen LogP contribution in [0.4, 0.5) is 0 Å². The van der Waals surface area contributed by atoms with Crippen LogP contribution >= 0.6 is 11.8 Å². The number of ether oxygens (including phenoxy) is 1. The lowest BCUT2D eigenvalue weighted by Crippen LogP contribution is -2.15. The third kappa shape index (κ3) is 2.77. The standard InChI is InChI=1S/C14H13N5O2S/c1-9(14(20)21-2)22-12-6-5-11-16-17-13(19(11)18-12)10-4-3-7-15-8-10/h3-9H,1-2H3/t9-/m0/s1. The van der Waals surface area contributed by atoms with Crippen LogP contribution < -0.4 is 0 Å². The van der Waals surface area contributed by atoms with E-state index < -0.39 is 0 Å². The maximum absolute atomic E-state index is 11.5. The summed E-state index contributed by atoms with van der Waals surface area (Å²) in [5, 5.41) is 13.1. The summed E-state index contributed by atoms with van der Waals surface area (Å²) in [6.45, 7) is 1.77. The summed E-state index contributed by atoms with van der Waals surface area (Å²) in [6.07, 6.45) is 3.40. The van der Waals surface area contributed by atoms with Gasteiger partial charge in [0.1, 0.15) is 10.3 Å². The van der Waals surface area contributed by atoms with E-state index in [4.69, 9.17) is 4.74 Å². The third-order valence-electron chi connectivity index (χ3n) is 2.99. The van der Waals surface area contributed by atoms with Gasteiger partial charge in [-0.25, -0.2) is 0 Å². The Hall–Kier alpha value is -2.48. The molecular formula is C14H13N5O2S. The first-order valence-electron chi connectivity index (χ1n) is 6.56. The van der Waals surface area contributed by atoms with E-state index in [1.165, 1.54) is 18.9 Å². The lowest BCUT2D eigenvalue weighted by Gasteiger charge is -2.08. The van der Waals surface area contributed by atoms with Gasteiger partial charge in [0.25, 0.3) is 0 Å².